The van der Waals surface area contributed by atoms with Gasteiger partial charge in [0.1, 0.15) is 0 Å². The summed E-state index contributed by atoms with van der Waals surface area (Å²) >= 11 is 12.1. The first-order chi connectivity index (χ1) is 13.3. The predicted octanol–water partition coefficient (Wildman–Crippen LogP) is 2.66. The highest BCUT2D eigenvalue weighted by atomic mass is 35.5. The smallest absolute Gasteiger partial charge is 0.321 e. The Morgan fingerprint density at radius 3 is 2.54 bits per heavy atom. The molecule has 0 spiro atoms. The minimum absolute atomic E-state index is 0.0190. The molecule has 152 valence electrons. The summed E-state index contributed by atoms with van der Waals surface area (Å²) in [7, 11) is 0. The van der Waals surface area contributed by atoms with Gasteiger partial charge in [-0.3, -0.25) is 14.9 Å². The first-order valence-corrected chi connectivity index (χ1v) is 10.2. The third-order valence-corrected chi connectivity index (χ3v) is 5.76. The molecule has 0 bridgehead atoms. The second kappa shape index (κ2) is 9.01. The van der Waals surface area contributed by atoms with E-state index in [1.807, 2.05) is 12.1 Å². The summed E-state index contributed by atoms with van der Waals surface area (Å²) < 4.78 is 0. The van der Waals surface area contributed by atoms with Gasteiger partial charge in [0.05, 0.1) is 10.0 Å². The van der Waals surface area contributed by atoms with E-state index in [2.05, 4.69) is 22.5 Å². The van der Waals surface area contributed by atoms with E-state index < -0.39 is 6.03 Å². The van der Waals surface area contributed by atoms with E-state index in [9.17, 15) is 14.4 Å². The molecule has 1 saturated carbocycles. The molecule has 2 fully saturated rings. The van der Waals surface area contributed by atoms with Crippen LogP contribution in [0.1, 0.15) is 26.2 Å². The van der Waals surface area contributed by atoms with Gasteiger partial charge >= 0.3 is 6.03 Å². The van der Waals surface area contributed by atoms with E-state index in [1.165, 1.54) is 0 Å². The van der Waals surface area contributed by atoms with Crippen molar-refractivity contribution in [3.8, 4) is 0 Å². The summed E-state index contributed by atoms with van der Waals surface area (Å²) in [5.41, 5.74) is 0.979. The lowest BCUT2D eigenvalue weighted by Crippen LogP contribution is -2.54. The fraction of sp³-hybridized carbons (Fsp3) is 0.526. The molecule has 4 amide bonds. The third-order valence-electron chi connectivity index (χ3n) is 5.02. The van der Waals surface area contributed by atoms with E-state index in [0.29, 0.717) is 29.7 Å². The van der Waals surface area contributed by atoms with E-state index in [0.717, 1.165) is 18.5 Å². The summed E-state index contributed by atoms with van der Waals surface area (Å²) in [4.78, 5) is 39.6. The Kier molecular flexibility index (Phi) is 6.67. The molecule has 2 N–H and O–H groups in total. The Hall–Kier alpha value is -1.99. The SMILES string of the molecule is C[C@H]1CN(C(=O)CCNC(=O)NC(=O)C2CC2)CCN1c1ccc(Cl)c(Cl)c1. The number of anilines is 1. The Bertz CT molecular complexity index is 770. The molecular formula is C19H24Cl2N4O3. The Labute approximate surface area is 174 Å². The van der Waals surface area contributed by atoms with Crippen molar-refractivity contribution in [3.05, 3.63) is 28.2 Å². The van der Waals surface area contributed by atoms with Gasteiger partial charge in [-0.15, -0.1) is 0 Å². The zero-order chi connectivity index (χ0) is 20.3. The standard InChI is InChI=1S/C19H24Cl2N4O3/c1-12-11-24(8-9-25(12)14-4-5-15(20)16(21)10-14)17(26)6-7-22-19(28)23-18(27)13-2-3-13/h4-5,10,12-13H,2-3,6-9,11H2,1H3,(H2,22,23,27,28)/t12-/m0/s1. The molecule has 0 aromatic heterocycles. The molecule has 1 aliphatic heterocycles. The van der Waals surface area contributed by atoms with Crippen LogP contribution in [0.3, 0.4) is 0 Å². The van der Waals surface area contributed by atoms with Gasteiger partial charge in [0.15, 0.2) is 0 Å². The lowest BCUT2D eigenvalue weighted by Gasteiger charge is -2.41. The average Bonchev–Trinajstić information content (AvgIpc) is 3.49. The van der Waals surface area contributed by atoms with Gasteiger partial charge in [0.25, 0.3) is 0 Å². The van der Waals surface area contributed by atoms with Crippen molar-refractivity contribution < 1.29 is 14.4 Å². The second-order valence-corrected chi connectivity index (χ2v) is 8.06. The summed E-state index contributed by atoms with van der Waals surface area (Å²) in [6.07, 6.45) is 1.87. The summed E-state index contributed by atoms with van der Waals surface area (Å²) in [5, 5.41) is 5.89. The Morgan fingerprint density at radius 1 is 1.14 bits per heavy atom. The number of halogens is 2. The molecule has 1 atom stereocenters. The zero-order valence-corrected chi connectivity index (χ0v) is 17.2. The molecule has 9 heteroatoms. The molecular weight excluding hydrogens is 403 g/mol. The number of imide groups is 1. The van der Waals surface area contributed by atoms with Crippen LogP contribution in [0, 0.1) is 5.92 Å². The molecule has 7 nitrogen and oxygen atoms in total. The summed E-state index contributed by atoms with van der Waals surface area (Å²) in [6, 6.07) is 5.12. The normalized spacial score (nSPS) is 19.3. The first kappa shape index (κ1) is 20.7. The van der Waals surface area contributed by atoms with Crippen molar-refractivity contribution >= 4 is 46.7 Å². The molecule has 1 saturated heterocycles. The molecule has 0 radical (unpaired) electrons. The number of benzene rings is 1. The summed E-state index contributed by atoms with van der Waals surface area (Å²) in [6.45, 7) is 4.12. The number of nitrogens with one attached hydrogen (secondary N) is 2. The van der Waals surface area contributed by atoms with Gasteiger partial charge in [-0.2, -0.15) is 0 Å². The molecule has 1 aliphatic carbocycles. The van der Waals surface area contributed by atoms with Crippen LogP contribution in [0.5, 0.6) is 0 Å². The van der Waals surface area contributed by atoms with Crippen LogP contribution in [-0.4, -0.2) is 55.0 Å². The largest absolute Gasteiger partial charge is 0.365 e. The summed E-state index contributed by atoms with van der Waals surface area (Å²) in [5.74, 6) is -0.286. The van der Waals surface area contributed by atoms with Crippen LogP contribution in [-0.2, 0) is 9.59 Å². The quantitative estimate of drug-likeness (QED) is 0.757. The molecule has 1 aromatic rings. The van der Waals surface area contributed by atoms with Crippen molar-refractivity contribution in [2.24, 2.45) is 5.92 Å². The number of rotatable bonds is 5. The highest BCUT2D eigenvalue weighted by molar-refractivity contribution is 6.42. The molecule has 3 rings (SSSR count). The fourth-order valence-electron chi connectivity index (χ4n) is 3.28. The Morgan fingerprint density at radius 2 is 1.89 bits per heavy atom. The number of hydrogen-bond donors (Lipinski definition) is 2. The number of amides is 4. The van der Waals surface area contributed by atoms with Crippen molar-refractivity contribution in [2.75, 3.05) is 31.1 Å². The maximum absolute atomic E-state index is 12.4. The van der Waals surface area contributed by atoms with Gasteiger partial charge in [0.2, 0.25) is 11.8 Å². The van der Waals surface area contributed by atoms with Crippen LogP contribution in [0.25, 0.3) is 0 Å². The maximum Gasteiger partial charge on any atom is 0.321 e. The highest BCUT2D eigenvalue weighted by Crippen LogP contribution is 2.29. The lowest BCUT2D eigenvalue weighted by molar-refractivity contribution is -0.131. The molecule has 1 aromatic carbocycles. The molecule has 2 aliphatic rings. The van der Waals surface area contributed by atoms with E-state index in [4.69, 9.17) is 23.2 Å². The zero-order valence-electron chi connectivity index (χ0n) is 15.7. The highest BCUT2D eigenvalue weighted by Gasteiger charge is 2.31. The molecule has 0 unspecified atom stereocenters. The van der Waals surface area contributed by atoms with Gasteiger partial charge in [0, 0.05) is 50.2 Å². The average molecular weight is 427 g/mol. The number of carbonyl (C=O) groups excluding carboxylic acids is 3. The second-order valence-electron chi connectivity index (χ2n) is 7.25. The van der Waals surface area contributed by atoms with E-state index >= 15 is 0 Å². The lowest BCUT2D eigenvalue weighted by atomic mass is 10.1. The number of hydrogen-bond acceptors (Lipinski definition) is 4. The van der Waals surface area contributed by atoms with Gasteiger partial charge in [-0.05, 0) is 38.0 Å². The first-order valence-electron chi connectivity index (χ1n) is 9.43. The number of urea groups is 1. The Balaban J connectivity index is 1.42. The van der Waals surface area contributed by atoms with Crippen LogP contribution >= 0.6 is 23.2 Å². The third kappa shape index (κ3) is 5.29. The minimum atomic E-state index is -0.539. The predicted molar refractivity (Wildman–Crippen MR) is 109 cm³/mol. The van der Waals surface area contributed by atoms with Crippen molar-refractivity contribution in [3.63, 3.8) is 0 Å². The van der Waals surface area contributed by atoms with E-state index in [1.54, 1.807) is 11.0 Å². The number of nitrogens with zero attached hydrogens (tertiary/aromatic N) is 2. The van der Waals surface area contributed by atoms with Gasteiger partial charge in [-0.25, -0.2) is 4.79 Å². The van der Waals surface area contributed by atoms with Gasteiger partial charge < -0.3 is 15.1 Å². The van der Waals surface area contributed by atoms with E-state index in [-0.39, 0.29) is 36.7 Å². The topological polar surface area (TPSA) is 81.8 Å². The van der Waals surface area contributed by atoms with Crippen molar-refractivity contribution in [1.29, 1.82) is 0 Å². The monoisotopic (exact) mass is 426 g/mol. The minimum Gasteiger partial charge on any atom is -0.365 e. The van der Waals surface area contributed by atoms with Crippen LogP contribution in [0.2, 0.25) is 10.0 Å². The molecule has 28 heavy (non-hydrogen) atoms. The van der Waals surface area contributed by atoms with Crippen LogP contribution < -0.4 is 15.5 Å². The fourth-order valence-corrected chi connectivity index (χ4v) is 3.57. The van der Waals surface area contributed by atoms with Crippen molar-refractivity contribution in [1.82, 2.24) is 15.5 Å². The number of carbonyl (C=O) groups is 3. The van der Waals surface area contributed by atoms with Gasteiger partial charge in [-0.1, -0.05) is 23.2 Å². The van der Waals surface area contributed by atoms with Crippen molar-refractivity contribution in [2.45, 2.75) is 32.2 Å². The molecule has 1 heterocycles. The number of piperazine rings is 1. The van der Waals surface area contributed by atoms with Crippen LogP contribution in [0.15, 0.2) is 18.2 Å². The van der Waals surface area contributed by atoms with Crippen LogP contribution in [0.4, 0.5) is 10.5 Å². The maximum atomic E-state index is 12.4.